The average Bonchev–Trinajstić information content (AvgIpc) is 2.15. The molecule has 0 aromatic carbocycles. The van der Waals surface area contributed by atoms with E-state index in [1.54, 1.807) is 12.4 Å². The number of anilines is 1. The van der Waals surface area contributed by atoms with Crippen LogP contribution in [0.1, 0.15) is 33.6 Å². The highest BCUT2D eigenvalue weighted by Gasteiger charge is 2.12. The third-order valence-corrected chi connectivity index (χ3v) is 1.95. The predicted molar refractivity (Wildman–Crippen MR) is 59.4 cm³/mol. The lowest BCUT2D eigenvalue weighted by molar-refractivity contribution is -0.116. The topological polar surface area (TPSA) is 54.9 Å². The highest BCUT2D eigenvalue weighted by molar-refractivity contribution is 5.90. The van der Waals surface area contributed by atoms with E-state index in [2.05, 4.69) is 36.1 Å². The van der Waals surface area contributed by atoms with Crippen LogP contribution in [0.3, 0.4) is 0 Å². The number of hydrogen-bond donors (Lipinski definition) is 1. The number of aromatic nitrogens is 2. The fraction of sp³-hybridized carbons (Fsp3) is 0.545. The lowest BCUT2D eigenvalue weighted by Crippen LogP contribution is -2.15. The van der Waals surface area contributed by atoms with Gasteiger partial charge >= 0.3 is 0 Å². The summed E-state index contributed by atoms with van der Waals surface area (Å²) < 4.78 is 0. The second kappa shape index (κ2) is 4.87. The first kappa shape index (κ1) is 11.6. The van der Waals surface area contributed by atoms with Crippen LogP contribution in [0.2, 0.25) is 0 Å². The number of hydrogen-bond acceptors (Lipinski definition) is 3. The highest BCUT2D eigenvalue weighted by atomic mass is 16.1. The van der Waals surface area contributed by atoms with Crippen molar-refractivity contribution in [2.75, 3.05) is 5.32 Å². The Hall–Kier alpha value is -1.45. The Morgan fingerprint density at radius 3 is 2.47 bits per heavy atom. The van der Waals surface area contributed by atoms with Crippen LogP contribution in [0.15, 0.2) is 18.7 Å². The van der Waals surface area contributed by atoms with Gasteiger partial charge < -0.3 is 5.32 Å². The van der Waals surface area contributed by atoms with Crippen molar-refractivity contribution in [1.29, 1.82) is 0 Å². The van der Waals surface area contributed by atoms with E-state index in [0.29, 0.717) is 12.1 Å². The largest absolute Gasteiger partial charge is 0.323 e. The molecule has 0 saturated heterocycles. The summed E-state index contributed by atoms with van der Waals surface area (Å²) in [6.07, 6.45) is 6.00. The normalized spacial score (nSPS) is 11.1. The van der Waals surface area contributed by atoms with Gasteiger partial charge in [0.25, 0.3) is 0 Å². The van der Waals surface area contributed by atoms with E-state index in [1.165, 1.54) is 6.33 Å². The molecule has 15 heavy (non-hydrogen) atoms. The zero-order chi connectivity index (χ0) is 11.3. The summed E-state index contributed by atoms with van der Waals surface area (Å²) in [5, 5.41) is 2.75. The minimum Gasteiger partial charge on any atom is -0.323 e. The monoisotopic (exact) mass is 207 g/mol. The molecule has 0 saturated carbocycles. The van der Waals surface area contributed by atoms with Gasteiger partial charge in [0.1, 0.15) is 6.33 Å². The molecule has 1 aromatic heterocycles. The molecular weight excluding hydrogens is 190 g/mol. The SMILES string of the molecule is CC(C)(C)CCC(=O)Nc1cncnc1. The van der Waals surface area contributed by atoms with E-state index in [0.717, 1.165) is 6.42 Å². The summed E-state index contributed by atoms with van der Waals surface area (Å²) in [4.78, 5) is 19.1. The van der Waals surface area contributed by atoms with Crippen LogP contribution in [0.5, 0.6) is 0 Å². The molecule has 82 valence electrons. The summed E-state index contributed by atoms with van der Waals surface area (Å²) in [5.74, 6) is 0.0136. The average molecular weight is 207 g/mol. The van der Waals surface area contributed by atoms with Gasteiger partial charge in [-0.1, -0.05) is 20.8 Å². The van der Waals surface area contributed by atoms with E-state index < -0.39 is 0 Å². The van der Waals surface area contributed by atoms with Crippen molar-refractivity contribution < 1.29 is 4.79 Å². The number of carbonyl (C=O) groups excluding carboxylic acids is 1. The van der Waals surface area contributed by atoms with Crippen LogP contribution in [-0.4, -0.2) is 15.9 Å². The summed E-state index contributed by atoms with van der Waals surface area (Å²) in [6.45, 7) is 6.35. The van der Waals surface area contributed by atoms with Crippen LogP contribution in [0.25, 0.3) is 0 Å². The first-order chi connectivity index (χ1) is 6.97. The number of nitrogens with zero attached hydrogens (tertiary/aromatic N) is 2. The summed E-state index contributed by atoms with van der Waals surface area (Å²) in [5.41, 5.74) is 0.835. The van der Waals surface area contributed by atoms with Gasteiger partial charge in [-0.2, -0.15) is 0 Å². The Balaban J connectivity index is 2.38. The van der Waals surface area contributed by atoms with Gasteiger partial charge in [-0.05, 0) is 11.8 Å². The van der Waals surface area contributed by atoms with Gasteiger partial charge in [0.15, 0.2) is 0 Å². The third-order valence-electron chi connectivity index (χ3n) is 1.95. The van der Waals surface area contributed by atoms with Crippen molar-refractivity contribution in [3.05, 3.63) is 18.7 Å². The van der Waals surface area contributed by atoms with Crippen molar-refractivity contribution in [2.24, 2.45) is 5.41 Å². The molecule has 0 aliphatic rings. The molecule has 4 heteroatoms. The summed E-state index contributed by atoms with van der Waals surface area (Å²) in [6, 6.07) is 0. The fourth-order valence-electron chi connectivity index (χ4n) is 1.08. The van der Waals surface area contributed by atoms with Gasteiger partial charge in [-0.15, -0.1) is 0 Å². The maximum atomic E-state index is 11.5. The molecule has 1 aromatic rings. The molecule has 0 unspecified atom stereocenters. The summed E-state index contributed by atoms with van der Waals surface area (Å²) >= 11 is 0. The first-order valence-electron chi connectivity index (χ1n) is 5.02. The van der Waals surface area contributed by atoms with E-state index >= 15 is 0 Å². The molecule has 0 atom stereocenters. The smallest absolute Gasteiger partial charge is 0.224 e. The Kier molecular flexibility index (Phi) is 3.77. The number of amides is 1. The van der Waals surface area contributed by atoms with Crippen molar-refractivity contribution in [3.8, 4) is 0 Å². The Labute approximate surface area is 90.1 Å². The highest BCUT2D eigenvalue weighted by Crippen LogP contribution is 2.20. The Morgan fingerprint density at radius 1 is 1.33 bits per heavy atom. The Morgan fingerprint density at radius 2 is 1.93 bits per heavy atom. The van der Waals surface area contributed by atoms with E-state index in [9.17, 15) is 4.79 Å². The van der Waals surface area contributed by atoms with Crippen molar-refractivity contribution in [3.63, 3.8) is 0 Å². The molecule has 0 radical (unpaired) electrons. The third kappa shape index (κ3) is 5.10. The molecule has 0 fully saturated rings. The molecule has 0 spiro atoms. The standard InChI is InChI=1S/C11H17N3O/c1-11(2,3)5-4-10(15)14-9-6-12-8-13-7-9/h6-8H,4-5H2,1-3H3,(H,14,15). The fourth-order valence-corrected chi connectivity index (χ4v) is 1.08. The van der Waals surface area contributed by atoms with Crippen molar-refractivity contribution in [1.82, 2.24) is 9.97 Å². The van der Waals surface area contributed by atoms with Gasteiger partial charge in [0.05, 0.1) is 18.1 Å². The second-order valence-electron chi connectivity index (χ2n) is 4.74. The Bertz CT molecular complexity index is 316. The minimum atomic E-state index is 0.0136. The zero-order valence-electron chi connectivity index (χ0n) is 9.45. The number of rotatable bonds is 3. The molecule has 1 N–H and O–H groups in total. The van der Waals surface area contributed by atoms with Crippen molar-refractivity contribution >= 4 is 11.6 Å². The van der Waals surface area contributed by atoms with Gasteiger partial charge in [-0.3, -0.25) is 4.79 Å². The quantitative estimate of drug-likeness (QED) is 0.827. The van der Waals surface area contributed by atoms with Gasteiger partial charge in [-0.25, -0.2) is 9.97 Å². The molecule has 1 rings (SSSR count). The van der Waals surface area contributed by atoms with Crippen LogP contribution < -0.4 is 5.32 Å². The lowest BCUT2D eigenvalue weighted by Gasteiger charge is -2.17. The molecule has 0 aliphatic carbocycles. The molecule has 1 heterocycles. The molecule has 0 aliphatic heterocycles. The maximum absolute atomic E-state index is 11.5. The minimum absolute atomic E-state index is 0.0136. The van der Waals surface area contributed by atoms with Crippen LogP contribution in [0, 0.1) is 5.41 Å². The van der Waals surface area contributed by atoms with Crippen molar-refractivity contribution in [2.45, 2.75) is 33.6 Å². The summed E-state index contributed by atoms with van der Waals surface area (Å²) in [7, 11) is 0. The maximum Gasteiger partial charge on any atom is 0.224 e. The molecular formula is C11H17N3O. The van der Waals surface area contributed by atoms with Crippen LogP contribution >= 0.6 is 0 Å². The van der Waals surface area contributed by atoms with Gasteiger partial charge in [0, 0.05) is 6.42 Å². The molecule has 4 nitrogen and oxygen atoms in total. The van der Waals surface area contributed by atoms with Crippen LogP contribution in [0.4, 0.5) is 5.69 Å². The molecule has 1 amide bonds. The predicted octanol–water partition coefficient (Wildman–Crippen LogP) is 2.24. The first-order valence-corrected chi connectivity index (χ1v) is 5.02. The molecule has 0 bridgehead atoms. The lowest BCUT2D eigenvalue weighted by atomic mass is 9.90. The number of nitrogens with one attached hydrogen (secondary N) is 1. The zero-order valence-corrected chi connectivity index (χ0v) is 9.45. The second-order valence-corrected chi connectivity index (χ2v) is 4.74. The van der Waals surface area contributed by atoms with E-state index in [-0.39, 0.29) is 11.3 Å². The van der Waals surface area contributed by atoms with E-state index in [4.69, 9.17) is 0 Å². The van der Waals surface area contributed by atoms with Crippen LogP contribution in [-0.2, 0) is 4.79 Å². The number of carbonyl (C=O) groups is 1. The van der Waals surface area contributed by atoms with Gasteiger partial charge in [0.2, 0.25) is 5.91 Å². The van der Waals surface area contributed by atoms with E-state index in [1.807, 2.05) is 0 Å².